The first-order valence-corrected chi connectivity index (χ1v) is 10.1. The molecule has 9 heteroatoms. The predicted molar refractivity (Wildman–Crippen MR) is 113 cm³/mol. The molecule has 4 rings (SSSR count). The van der Waals surface area contributed by atoms with Crippen LogP contribution in [0.1, 0.15) is 48.8 Å². The minimum absolute atomic E-state index is 0.0689. The molecule has 9 nitrogen and oxygen atoms in total. The van der Waals surface area contributed by atoms with Gasteiger partial charge in [0.2, 0.25) is 5.95 Å². The maximum Gasteiger partial charge on any atom is 0.270 e. The third-order valence-electron chi connectivity index (χ3n) is 5.48. The molecule has 0 aliphatic carbocycles. The fourth-order valence-electron chi connectivity index (χ4n) is 3.59. The van der Waals surface area contributed by atoms with Crippen molar-refractivity contribution in [1.82, 2.24) is 24.7 Å². The average Bonchev–Trinajstić information content (AvgIpc) is 2.74. The van der Waals surface area contributed by atoms with Crippen molar-refractivity contribution in [3.05, 3.63) is 68.6 Å². The number of H-pyrrole nitrogens is 1. The van der Waals surface area contributed by atoms with Gasteiger partial charge in [-0.3, -0.25) is 23.8 Å². The molecule has 0 bridgehead atoms. The third-order valence-corrected chi connectivity index (χ3v) is 5.48. The summed E-state index contributed by atoms with van der Waals surface area (Å²) >= 11 is 0. The van der Waals surface area contributed by atoms with E-state index in [-0.39, 0.29) is 11.1 Å². The Morgan fingerprint density at radius 1 is 1.27 bits per heavy atom. The molecule has 2 N–H and O–H groups in total. The van der Waals surface area contributed by atoms with Crippen molar-refractivity contribution in [2.45, 2.75) is 32.7 Å². The molecule has 0 aromatic carbocycles. The number of hydrogen-bond acceptors (Lipinski definition) is 6. The Bertz CT molecular complexity index is 1190. The van der Waals surface area contributed by atoms with E-state index < -0.39 is 17.5 Å². The van der Waals surface area contributed by atoms with E-state index in [1.54, 1.807) is 31.3 Å². The molecule has 1 amide bonds. The minimum atomic E-state index is -0.561. The van der Waals surface area contributed by atoms with Gasteiger partial charge in [-0.2, -0.15) is 0 Å². The molecule has 1 aliphatic rings. The SMILES string of the molecule is CC1CCN(c2nc([C@H](C)NC(=O)c3cnc4ccccn4c3=O)cc(=O)[nH]2)CC1. The van der Waals surface area contributed by atoms with Crippen LogP contribution in [0.3, 0.4) is 0 Å². The van der Waals surface area contributed by atoms with Gasteiger partial charge in [0.15, 0.2) is 0 Å². The van der Waals surface area contributed by atoms with Crippen molar-refractivity contribution in [1.29, 1.82) is 0 Å². The van der Waals surface area contributed by atoms with Gasteiger partial charge < -0.3 is 10.2 Å². The maximum atomic E-state index is 12.7. The second-order valence-corrected chi connectivity index (χ2v) is 7.76. The molecule has 1 aliphatic heterocycles. The Morgan fingerprint density at radius 2 is 2.03 bits per heavy atom. The summed E-state index contributed by atoms with van der Waals surface area (Å²) in [5, 5.41) is 2.76. The van der Waals surface area contributed by atoms with E-state index in [2.05, 4.69) is 32.1 Å². The number of rotatable bonds is 4. The van der Waals surface area contributed by atoms with Crippen LogP contribution in [0, 0.1) is 5.92 Å². The first-order valence-electron chi connectivity index (χ1n) is 10.1. The number of pyridine rings is 1. The molecule has 156 valence electrons. The van der Waals surface area contributed by atoms with E-state index in [0.29, 0.717) is 23.2 Å². The van der Waals surface area contributed by atoms with E-state index in [1.807, 2.05) is 0 Å². The van der Waals surface area contributed by atoms with Gasteiger partial charge in [-0.1, -0.05) is 13.0 Å². The fraction of sp³-hybridized carbons (Fsp3) is 0.381. The van der Waals surface area contributed by atoms with Crippen LogP contribution < -0.4 is 21.3 Å². The minimum Gasteiger partial charge on any atom is -0.344 e. The van der Waals surface area contributed by atoms with Gasteiger partial charge in [0.25, 0.3) is 17.0 Å². The van der Waals surface area contributed by atoms with E-state index in [0.717, 1.165) is 25.9 Å². The number of nitrogens with zero attached hydrogens (tertiary/aromatic N) is 4. The van der Waals surface area contributed by atoms with Crippen molar-refractivity contribution in [3.8, 4) is 0 Å². The monoisotopic (exact) mass is 408 g/mol. The molecule has 1 atom stereocenters. The summed E-state index contributed by atoms with van der Waals surface area (Å²) in [6.07, 6.45) is 4.92. The smallest absolute Gasteiger partial charge is 0.270 e. The Balaban J connectivity index is 1.56. The Morgan fingerprint density at radius 3 is 2.80 bits per heavy atom. The molecular formula is C21H24N6O3. The highest BCUT2D eigenvalue weighted by atomic mass is 16.2. The molecule has 0 unspecified atom stereocenters. The summed E-state index contributed by atoms with van der Waals surface area (Å²) in [6.45, 7) is 5.60. The quantitative estimate of drug-likeness (QED) is 0.677. The third kappa shape index (κ3) is 3.96. The zero-order valence-corrected chi connectivity index (χ0v) is 17.0. The molecule has 0 spiro atoms. The first-order chi connectivity index (χ1) is 14.4. The average molecular weight is 408 g/mol. The lowest BCUT2D eigenvalue weighted by atomic mass is 10.00. The van der Waals surface area contributed by atoms with E-state index in [4.69, 9.17) is 0 Å². The second kappa shape index (κ2) is 8.10. The molecule has 0 radical (unpaired) electrons. The number of aromatic nitrogens is 4. The van der Waals surface area contributed by atoms with Gasteiger partial charge in [-0.15, -0.1) is 0 Å². The number of amides is 1. The highest BCUT2D eigenvalue weighted by molar-refractivity contribution is 5.93. The van der Waals surface area contributed by atoms with Crippen LogP contribution in [0.25, 0.3) is 5.65 Å². The highest BCUT2D eigenvalue weighted by Crippen LogP contribution is 2.20. The van der Waals surface area contributed by atoms with Crippen molar-refractivity contribution < 1.29 is 4.79 Å². The largest absolute Gasteiger partial charge is 0.344 e. The normalized spacial score (nSPS) is 15.9. The standard InChI is InChI=1S/C21H24N6O3/c1-13-6-9-26(10-7-13)21-24-16(11-18(28)25-21)14(2)23-19(29)15-12-22-17-5-3-4-8-27(17)20(15)30/h3-5,8,11-14H,6-7,9-10H2,1-2H3,(H,23,29)(H,24,25,28)/t14-/m0/s1. The number of anilines is 1. The molecule has 3 aromatic heterocycles. The zero-order valence-electron chi connectivity index (χ0n) is 17.0. The van der Waals surface area contributed by atoms with Crippen LogP contribution in [0.5, 0.6) is 0 Å². The number of nitrogens with one attached hydrogen (secondary N) is 2. The molecule has 4 heterocycles. The van der Waals surface area contributed by atoms with Crippen molar-refractivity contribution in [2.24, 2.45) is 5.92 Å². The Labute approximate surface area is 172 Å². The number of hydrogen-bond donors (Lipinski definition) is 2. The molecule has 3 aromatic rings. The van der Waals surface area contributed by atoms with Crippen LogP contribution in [0.4, 0.5) is 5.95 Å². The number of carbonyl (C=O) groups is 1. The van der Waals surface area contributed by atoms with E-state index in [1.165, 1.54) is 16.7 Å². The van der Waals surface area contributed by atoms with Gasteiger partial charge >= 0.3 is 0 Å². The zero-order chi connectivity index (χ0) is 21.3. The number of fused-ring (bicyclic) bond motifs is 1. The van der Waals surface area contributed by atoms with Gasteiger partial charge in [0.05, 0.1) is 11.7 Å². The lowest BCUT2D eigenvalue weighted by Crippen LogP contribution is -2.37. The molecular weight excluding hydrogens is 384 g/mol. The lowest BCUT2D eigenvalue weighted by Gasteiger charge is -2.31. The molecule has 1 fully saturated rings. The van der Waals surface area contributed by atoms with Gasteiger partial charge in [-0.25, -0.2) is 9.97 Å². The van der Waals surface area contributed by atoms with Crippen LogP contribution in [0.15, 0.2) is 46.2 Å². The van der Waals surface area contributed by atoms with Crippen LogP contribution in [-0.4, -0.2) is 38.3 Å². The topological polar surface area (TPSA) is 112 Å². The molecule has 1 saturated heterocycles. The van der Waals surface area contributed by atoms with Gasteiger partial charge in [0, 0.05) is 31.5 Å². The maximum absolute atomic E-state index is 12.7. The van der Waals surface area contributed by atoms with E-state index in [9.17, 15) is 14.4 Å². The van der Waals surface area contributed by atoms with Crippen LogP contribution in [0.2, 0.25) is 0 Å². The summed E-state index contributed by atoms with van der Waals surface area (Å²) in [7, 11) is 0. The number of piperidine rings is 1. The molecule has 0 saturated carbocycles. The summed E-state index contributed by atoms with van der Waals surface area (Å²) in [5.74, 6) is 0.607. The van der Waals surface area contributed by atoms with Gasteiger partial charge in [0.1, 0.15) is 11.2 Å². The van der Waals surface area contributed by atoms with Crippen LogP contribution >= 0.6 is 0 Å². The summed E-state index contributed by atoms with van der Waals surface area (Å²) in [4.78, 5) is 51.1. The summed E-state index contributed by atoms with van der Waals surface area (Å²) in [6, 6.07) is 5.96. The van der Waals surface area contributed by atoms with Crippen molar-refractivity contribution in [2.75, 3.05) is 18.0 Å². The summed E-state index contributed by atoms with van der Waals surface area (Å²) < 4.78 is 1.32. The molecule has 30 heavy (non-hydrogen) atoms. The summed E-state index contributed by atoms with van der Waals surface area (Å²) in [5.41, 5.74) is 0.105. The van der Waals surface area contributed by atoms with Crippen molar-refractivity contribution in [3.63, 3.8) is 0 Å². The number of carbonyl (C=O) groups excluding carboxylic acids is 1. The number of aromatic amines is 1. The fourth-order valence-corrected chi connectivity index (χ4v) is 3.59. The van der Waals surface area contributed by atoms with Crippen LogP contribution in [-0.2, 0) is 0 Å². The van der Waals surface area contributed by atoms with Gasteiger partial charge in [-0.05, 0) is 37.8 Å². The first kappa shape index (κ1) is 19.8. The Hall–Kier alpha value is -3.49. The predicted octanol–water partition coefficient (Wildman–Crippen LogP) is 1.51. The second-order valence-electron chi connectivity index (χ2n) is 7.76. The van der Waals surface area contributed by atoms with E-state index >= 15 is 0 Å². The highest BCUT2D eigenvalue weighted by Gasteiger charge is 2.21. The van der Waals surface area contributed by atoms with Crippen molar-refractivity contribution >= 4 is 17.5 Å². The Kier molecular flexibility index (Phi) is 5.35. The lowest BCUT2D eigenvalue weighted by molar-refractivity contribution is 0.0937.